The molecule has 0 aliphatic heterocycles. The monoisotopic (exact) mass is 191 g/mol. The second-order valence-electron chi connectivity index (χ2n) is 3.60. The maximum absolute atomic E-state index is 9.06. The van der Waals surface area contributed by atoms with Crippen molar-refractivity contribution >= 4 is 6.21 Å². The molecule has 2 nitrogen and oxygen atoms in total. The summed E-state index contributed by atoms with van der Waals surface area (Å²) >= 11 is 0. The van der Waals surface area contributed by atoms with Gasteiger partial charge in [-0.2, -0.15) is 0 Å². The molecule has 0 bridgehead atoms. The molecule has 0 saturated carbocycles. The van der Waals surface area contributed by atoms with Crippen LogP contribution in [0.4, 0.5) is 0 Å². The molecule has 1 atom stereocenters. The van der Waals surface area contributed by atoms with Gasteiger partial charge in [-0.1, -0.05) is 20.3 Å². The second-order valence-corrected chi connectivity index (χ2v) is 3.60. The minimum Gasteiger partial charge on any atom is -0.508 e. The highest BCUT2D eigenvalue weighted by molar-refractivity contribution is 5.79. The molecule has 0 amide bonds. The molecule has 1 unspecified atom stereocenters. The van der Waals surface area contributed by atoms with Gasteiger partial charge >= 0.3 is 0 Å². The number of benzene rings is 1. The summed E-state index contributed by atoms with van der Waals surface area (Å²) in [7, 11) is 0. The van der Waals surface area contributed by atoms with Crippen LogP contribution >= 0.6 is 0 Å². The summed E-state index contributed by atoms with van der Waals surface area (Å²) in [6, 6.07) is 7.06. The average Bonchev–Trinajstić information content (AvgIpc) is 2.21. The van der Waals surface area contributed by atoms with Crippen molar-refractivity contribution in [2.75, 3.05) is 6.54 Å². The SMILES string of the molecule is CCC(C)C/N=C/c1ccc(O)cc1. The zero-order valence-electron chi connectivity index (χ0n) is 8.77. The molecule has 0 aliphatic carbocycles. The van der Waals surface area contributed by atoms with Crippen molar-refractivity contribution in [1.82, 2.24) is 0 Å². The minimum absolute atomic E-state index is 0.295. The fourth-order valence-corrected chi connectivity index (χ4v) is 1.03. The molecule has 14 heavy (non-hydrogen) atoms. The Morgan fingerprint density at radius 2 is 2.00 bits per heavy atom. The van der Waals surface area contributed by atoms with E-state index in [1.807, 2.05) is 18.3 Å². The lowest BCUT2D eigenvalue weighted by Crippen LogP contribution is -1.96. The molecule has 0 saturated heterocycles. The lowest BCUT2D eigenvalue weighted by Gasteiger charge is -2.02. The fourth-order valence-electron chi connectivity index (χ4n) is 1.03. The normalized spacial score (nSPS) is 13.3. The van der Waals surface area contributed by atoms with Gasteiger partial charge in [0.25, 0.3) is 0 Å². The zero-order valence-corrected chi connectivity index (χ0v) is 8.77. The van der Waals surface area contributed by atoms with Gasteiger partial charge in [0.2, 0.25) is 0 Å². The Balaban J connectivity index is 2.48. The van der Waals surface area contributed by atoms with Crippen LogP contribution < -0.4 is 0 Å². The Morgan fingerprint density at radius 1 is 1.36 bits per heavy atom. The van der Waals surface area contributed by atoms with Crippen LogP contribution in [0, 0.1) is 5.92 Å². The molecule has 1 aromatic carbocycles. The van der Waals surface area contributed by atoms with E-state index in [1.165, 1.54) is 0 Å². The number of aromatic hydroxyl groups is 1. The van der Waals surface area contributed by atoms with E-state index in [1.54, 1.807) is 12.1 Å². The predicted molar refractivity (Wildman–Crippen MR) is 60.0 cm³/mol. The van der Waals surface area contributed by atoms with Crippen molar-refractivity contribution < 1.29 is 5.11 Å². The molecular formula is C12H17NO. The van der Waals surface area contributed by atoms with E-state index in [-0.39, 0.29) is 0 Å². The van der Waals surface area contributed by atoms with Gasteiger partial charge in [0.15, 0.2) is 0 Å². The zero-order chi connectivity index (χ0) is 10.4. The third kappa shape index (κ3) is 3.60. The quantitative estimate of drug-likeness (QED) is 0.729. The van der Waals surface area contributed by atoms with E-state index in [0.29, 0.717) is 11.7 Å². The minimum atomic E-state index is 0.295. The summed E-state index contributed by atoms with van der Waals surface area (Å²) in [4.78, 5) is 4.34. The maximum atomic E-state index is 9.06. The summed E-state index contributed by atoms with van der Waals surface area (Å²) in [6.07, 6.45) is 3.01. The lowest BCUT2D eigenvalue weighted by atomic mass is 10.1. The summed E-state index contributed by atoms with van der Waals surface area (Å²) in [6.45, 7) is 5.23. The van der Waals surface area contributed by atoms with Gasteiger partial charge in [0, 0.05) is 12.8 Å². The number of aliphatic imine (C=N–C) groups is 1. The fraction of sp³-hybridized carbons (Fsp3) is 0.417. The van der Waals surface area contributed by atoms with Crippen LogP contribution in [0.5, 0.6) is 5.75 Å². The molecular weight excluding hydrogens is 174 g/mol. The molecule has 2 heteroatoms. The van der Waals surface area contributed by atoms with Crippen molar-refractivity contribution in [3.05, 3.63) is 29.8 Å². The van der Waals surface area contributed by atoms with Gasteiger partial charge in [-0.3, -0.25) is 4.99 Å². The van der Waals surface area contributed by atoms with Crippen LogP contribution in [0.2, 0.25) is 0 Å². The Bertz CT molecular complexity index is 290. The molecule has 1 rings (SSSR count). The second kappa shape index (κ2) is 5.43. The van der Waals surface area contributed by atoms with Gasteiger partial charge < -0.3 is 5.11 Å². The van der Waals surface area contributed by atoms with E-state index in [4.69, 9.17) is 5.11 Å². The third-order valence-electron chi connectivity index (χ3n) is 2.25. The summed E-state index contributed by atoms with van der Waals surface area (Å²) in [5.74, 6) is 0.937. The highest BCUT2D eigenvalue weighted by atomic mass is 16.3. The van der Waals surface area contributed by atoms with Gasteiger partial charge in [0.1, 0.15) is 5.75 Å². The first-order valence-corrected chi connectivity index (χ1v) is 5.01. The number of hydrogen-bond donors (Lipinski definition) is 1. The number of rotatable bonds is 4. The average molecular weight is 191 g/mol. The predicted octanol–water partition coefficient (Wildman–Crippen LogP) is 2.86. The molecule has 0 aliphatic rings. The molecule has 0 heterocycles. The smallest absolute Gasteiger partial charge is 0.115 e. The molecule has 1 N–H and O–H groups in total. The van der Waals surface area contributed by atoms with Crippen molar-refractivity contribution in [3.8, 4) is 5.75 Å². The van der Waals surface area contributed by atoms with Crippen LogP contribution in [0.1, 0.15) is 25.8 Å². The van der Waals surface area contributed by atoms with E-state index in [2.05, 4.69) is 18.8 Å². The first kappa shape index (κ1) is 10.8. The van der Waals surface area contributed by atoms with Crippen LogP contribution in [0.3, 0.4) is 0 Å². The first-order chi connectivity index (χ1) is 6.72. The largest absolute Gasteiger partial charge is 0.508 e. The van der Waals surface area contributed by atoms with E-state index in [9.17, 15) is 0 Å². The molecule has 0 fully saturated rings. The van der Waals surface area contributed by atoms with E-state index in [0.717, 1.165) is 18.5 Å². The highest BCUT2D eigenvalue weighted by Gasteiger charge is 1.94. The number of phenolic OH excluding ortho intramolecular Hbond substituents is 1. The van der Waals surface area contributed by atoms with Crippen LogP contribution in [-0.2, 0) is 0 Å². The number of hydrogen-bond acceptors (Lipinski definition) is 2. The summed E-state index contributed by atoms with van der Waals surface area (Å²) in [5, 5.41) is 9.06. The summed E-state index contributed by atoms with van der Waals surface area (Å²) in [5.41, 5.74) is 1.03. The Morgan fingerprint density at radius 3 is 2.57 bits per heavy atom. The van der Waals surface area contributed by atoms with E-state index >= 15 is 0 Å². The van der Waals surface area contributed by atoms with Crippen LogP contribution in [-0.4, -0.2) is 17.9 Å². The van der Waals surface area contributed by atoms with Gasteiger partial charge in [-0.25, -0.2) is 0 Å². The number of phenols is 1. The van der Waals surface area contributed by atoms with E-state index < -0.39 is 0 Å². The van der Waals surface area contributed by atoms with Crippen LogP contribution in [0.15, 0.2) is 29.3 Å². The Kier molecular flexibility index (Phi) is 4.17. The molecule has 0 radical (unpaired) electrons. The third-order valence-corrected chi connectivity index (χ3v) is 2.25. The van der Waals surface area contributed by atoms with Gasteiger partial charge in [-0.05, 0) is 35.7 Å². The topological polar surface area (TPSA) is 32.6 Å². The molecule has 0 aromatic heterocycles. The van der Waals surface area contributed by atoms with Crippen molar-refractivity contribution in [2.45, 2.75) is 20.3 Å². The maximum Gasteiger partial charge on any atom is 0.115 e. The van der Waals surface area contributed by atoms with Gasteiger partial charge in [-0.15, -0.1) is 0 Å². The molecule has 1 aromatic rings. The highest BCUT2D eigenvalue weighted by Crippen LogP contribution is 2.08. The Hall–Kier alpha value is -1.31. The molecule has 76 valence electrons. The summed E-state index contributed by atoms with van der Waals surface area (Å²) < 4.78 is 0. The Labute approximate surface area is 85.3 Å². The first-order valence-electron chi connectivity index (χ1n) is 5.01. The van der Waals surface area contributed by atoms with Crippen molar-refractivity contribution in [3.63, 3.8) is 0 Å². The van der Waals surface area contributed by atoms with Crippen molar-refractivity contribution in [2.24, 2.45) is 10.9 Å². The van der Waals surface area contributed by atoms with Crippen LogP contribution in [0.25, 0.3) is 0 Å². The number of nitrogens with zero attached hydrogens (tertiary/aromatic N) is 1. The standard InChI is InChI=1S/C12H17NO/c1-3-10(2)8-13-9-11-4-6-12(14)7-5-11/h4-7,9-10,14H,3,8H2,1-2H3/b13-9+. The van der Waals surface area contributed by atoms with Gasteiger partial charge in [0.05, 0.1) is 0 Å². The van der Waals surface area contributed by atoms with Crippen molar-refractivity contribution in [1.29, 1.82) is 0 Å². The lowest BCUT2D eigenvalue weighted by molar-refractivity contribution is 0.475. The molecule has 0 spiro atoms.